The molecule has 0 aromatic heterocycles. The van der Waals surface area contributed by atoms with E-state index < -0.39 is 35.8 Å². The number of nitrogens with zero attached hydrogens (tertiary/aromatic N) is 2. The number of hydrogen-bond acceptors (Lipinski definition) is 8. The molecule has 1 heterocycles. The first-order valence-corrected chi connectivity index (χ1v) is 10.8. The Morgan fingerprint density at radius 2 is 1.73 bits per heavy atom. The quantitative estimate of drug-likeness (QED) is 0.271. The lowest BCUT2D eigenvalue weighted by Crippen LogP contribution is -2.49. The van der Waals surface area contributed by atoms with Crippen LogP contribution in [0, 0.1) is 5.41 Å². The molecule has 1 rings (SSSR count). The van der Waals surface area contributed by atoms with Gasteiger partial charge in [-0.05, 0) is 32.6 Å². The van der Waals surface area contributed by atoms with E-state index in [0.29, 0.717) is 32.7 Å². The molecule has 1 saturated heterocycles. The van der Waals surface area contributed by atoms with Gasteiger partial charge >= 0.3 is 18.1 Å². The van der Waals surface area contributed by atoms with Gasteiger partial charge in [0, 0.05) is 19.3 Å². The highest BCUT2D eigenvalue weighted by Crippen LogP contribution is 2.24. The summed E-state index contributed by atoms with van der Waals surface area (Å²) < 4.78 is 16.0. The number of rotatable bonds is 8. The van der Waals surface area contributed by atoms with Gasteiger partial charge in [-0.1, -0.05) is 20.8 Å². The number of urea groups is 1. The van der Waals surface area contributed by atoms with Crippen molar-refractivity contribution in [3.8, 4) is 0 Å². The van der Waals surface area contributed by atoms with E-state index in [-0.39, 0.29) is 17.7 Å². The number of hydrogen-bond donors (Lipinski definition) is 3. The third-order valence-electron chi connectivity index (χ3n) is 4.18. The van der Waals surface area contributed by atoms with Gasteiger partial charge in [-0.3, -0.25) is 9.59 Å². The van der Waals surface area contributed by atoms with E-state index in [0.717, 1.165) is 6.21 Å². The first kappa shape index (κ1) is 28.1. The number of nitrogens with two attached hydrogens (primary N) is 1. The van der Waals surface area contributed by atoms with Gasteiger partial charge in [-0.2, -0.15) is 5.10 Å². The van der Waals surface area contributed by atoms with Crippen LogP contribution in [-0.2, 0) is 23.8 Å². The molecule has 2 atom stereocenters. The van der Waals surface area contributed by atoms with Crippen LogP contribution in [0.3, 0.4) is 0 Å². The Balaban J connectivity index is 2.90. The molecule has 0 bridgehead atoms. The molecule has 0 aromatic carbocycles. The molecule has 4 N–H and O–H groups in total. The van der Waals surface area contributed by atoms with Gasteiger partial charge in [0.15, 0.2) is 6.10 Å². The summed E-state index contributed by atoms with van der Waals surface area (Å²) in [4.78, 5) is 50.3. The summed E-state index contributed by atoms with van der Waals surface area (Å²) in [5.74, 6) is -0.912. The fraction of sp³-hybridized carbons (Fsp3) is 0.762. The number of carbonyl (C=O) groups excluding carboxylic acids is 4. The van der Waals surface area contributed by atoms with E-state index in [4.69, 9.17) is 19.9 Å². The SMILES string of the molecule is CC(C)(C)C[C@H](OC(=O)N[C@H](/C=N/NC(N)=O)CC(=O)OC(C)(C)C)C(=O)N1CCOCC1. The lowest BCUT2D eigenvalue weighted by molar-refractivity contribution is -0.155. The van der Waals surface area contributed by atoms with Crippen molar-refractivity contribution < 1.29 is 33.4 Å². The molecule has 1 aliphatic rings. The average molecular weight is 472 g/mol. The van der Waals surface area contributed by atoms with Gasteiger partial charge in [0.1, 0.15) is 5.60 Å². The van der Waals surface area contributed by atoms with Crippen molar-refractivity contribution in [1.82, 2.24) is 15.6 Å². The molecule has 0 aliphatic carbocycles. The highest BCUT2D eigenvalue weighted by atomic mass is 16.6. The molecule has 12 heteroatoms. The zero-order chi connectivity index (χ0) is 25.2. The van der Waals surface area contributed by atoms with Gasteiger partial charge in [-0.25, -0.2) is 15.0 Å². The molecule has 188 valence electrons. The molecule has 1 fully saturated rings. The number of hydrazone groups is 1. The summed E-state index contributed by atoms with van der Waals surface area (Å²) in [6.45, 7) is 12.6. The topological polar surface area (TPSA) is 162 Å². The predicted molar refractivity (Wildman–Crippen MR) is 120 cm³/mol. The smallest absolute Gasteiger partial charge is 0.408 e. The van der Waals surface area contributed by atoms with E-state index in [1.54, 1.807) is 25.7 Å². The van der Waals surface area contributed by atoms with Crippen LogP contribution in [0.5, 0.6) is 0 Å². The van der Waals surface area contributed by atoms with E-state index >= 15 is 0 Å². The number of amides is 4. The Kier molecular flexibility index (Phi) is 10.6. The Labute approximate surface area is 194 Å². The minimum Gasteiger partial charge on any atom is -0.460 e. The third kappa shape index (κ3) is 12.7. The lowest BCUT2D eigenvalue weighted by Gasteiger charge is -2.32. The third-order valence-corrected chi connectivity index (χ3v) is 4.18. The summed E-state index contributed by atoms with van der Waals surface area (Å²) in [5.41, 5.74) is 5.95. The van der Waals surface area contributed by atoms with Crippen LogP contribution in [0.25, 0.3) is 0 Å². The van der Waals surface area contributed by atoms with Crippen LogP contribution >= 0.6 is 0 Å². The molecule has 0 radical (unpaired) electrons. The number of esters is 1. The van der Waals surface area contributed by atoms with Crippen molar-refractivity contribution in [2.24, 2.45) is 16.3 Å². The van der Waals surface area contributed by atoms with Crippen molar-refractivity contribution in [2.45, 2.75) is 72.1 Å². The van der Waals surface area contributed by atoms with E-state index in [1.165, 1.54) is 0 Å². The Morgan fingerprint density at radius 1 is 1.12 bits per heavy atom. The fourth-order valence-corrected chi connectivity index (χ4v) is 2.93. The minimum atomic E-state index is -1.02. The van der Waals surface area contributed by atoms with E-state index in [2.05, 4.69) is 10.4 Å². The highest BCUT2D eigenvalue weighted by molar-refractivity contribution is 5.85. The zero-order valence-electron chi connectivity index (χ0n) is 20.3. The van der Waals surface area contributed by atoms with Crippen LogP contribution in [0.2, 0.25) is 0 Å². The van der Waals surface area contributed by atoms with Crippen molar-refractivity contribution in [1.29, 1.82) is 0 Å². The molecule has 0 spiro atoms. The van der Waals surface area contributed by atoms with Crippen LogP contribution in [-0.4, -0.2) is 79.2 Å². The molecular formula is C21H37N5O7. The molecule has 0 aromatic rings. The van der Waals surface area contributed by atoms with Gasteiger partial charge in [0.05, 0.1) is 25.7 Å². The molecule has 0 unspecified atom stereocenters. The number of primary amides is 1. The van der Waals surface area contributed by atoms with Crippen LogP contribution in [0.1, 0.15) is 54.4 Å². The largest absolute Gasteiger partial charge is 0.460 e. The van der Waals surface area contributed by atoms with E-state index in [9.17, 15) is 19.2 Å². The van der Waals surface area contributed by atoms with Crippen molar-refractivity contribution in [3.63, 3.8) is 0 Å². The predicted octanol–water partition coefficient (Wildman–Crippen LogP) is 1.13. The molecule has 1 aliphatic heterocycles. The fourth-order valence-electron chi connectivity index (χ4n) is 2.93. The number of ether oxygens (including phenoxy) is 3. The molecule has 4 amide bonds. The maximum atomic E-state index is 13.0. The number of morpholine rings is 1. The van der Waals surface area contributed by atoms with Crippen molar-refractivity contribution >= 4 is 30.2 Å². The maximum absolute atomic E-state index is 13.0. The zero-order valence-corrected chi connectivity index (χ0v) is 20.3. The second-order valence-corrected chi connectivity index (χ2v) is 9.89. The summed E-state index contributed by atoms with van der Waals surface area (Å²) in [7, 11) is 0. The number of nitrogens with one attached hydrogen (secondary N) is 2. The normalized spacial score (nSPS) is 16.6. The monoisotopic (exact) mass is 471 g/mol. The average Bonchev–Trinajstić information content (AvgIpc) is 2.64. The van der Waals surface area contributed by atoms with E-state index in [1.807, 2.05) is 26.2 Å². The van der Waals surface area contributed by atoms with Crippen LogP contribution < -0.4 is 16.5 Å². The standard InChI is InChI=1S/C21H37N5O7/c1-20(2,3)12-15(17(28)26-7-9-31-10-8-26)32-19(30)24-14(13-23-25-18(22)29)11-16(27)33-21(4,5)6/h13-15H,7-12H2,1-6H3,(H,24,30)(H3,22,25,29)/b23-13+/t14-,15-/m0/s1. The summed E-state index contributed by atoms with van der Waals surface area (Å²) in [6, 6.07) is -1.89. The number of carbonyl (C=O) groups is 4. The van der Waals surface area contributed by atoms with Gasteiger partial charge in [0.2, 0.25) is 0 Å². The summed E-state index contributed by atoms with van der Waals surface area (Å²) in [5, 5.41) is 6.09. The summed E-state index contributed by atoms with van der Waals surface area (Å²) >= 11 is 0. The molecule has 12 nitrogen and oxygen atoms in total. The first-order chi connectivity index (χ1) is 15.2. The van der Waals surface area contributed by atoms with Crippen LogP contribution in [0.15, 0.2) is 5.10 Å². The van der Waals surface area contributed by atoms with Crippen molar-refractivity contribution in [2.75, 3.05) is 26.3 Å². The lowest BCUT2D eigenvalue weighted by atomic mass is 9.88. The first-order valence-electron chi connectivity index (χ1n) is 10.8. The second-order valence-electron chi connectivity index (χ2n) is 9.89. The summed E-state index contributed by atoms with van der Waals surface area (Å²) in [6.07, 6.45) is -0.795. The van der Waals surface area contributed by atoms with Crippen molar-refractivity contribution in [3.05, 3.63) is 0 Å². The van der Waals surface area contributed by atoms with Gasteiger partial charge in [0.25, 0.3) is 5.91 Å². The Bertz CT molecular complexity index is 721. The molecule has 0 saturated carbocycles. The second kappa shape index (κ2) is 12.4. The highest BCUT2D eigenvalue weighted by Gasteiger charge is 2.33. The Morgan fingerprint density at radius 3 is 2.24 bits per heavy atom. The maximum Gasteiger partial charge on any atom is 0.408 e. The minimum absolute atomic E-state index is 0.280. The molecule has 33 heavy (non-hydrogen) atoms. The number of alkyl carbamates (subject to hydrolysis) is 1. The van der Waals surface area contributed by atoms with Crippen LogP contribution in [0.4, 0.5) is 9.59 Å². The van der Waals surface area contributed by atoms with Gasteiger partial charge < -0.3 is 30.2 Å². The molecular weight excluding hydrogens is 434 g/mol. The Hall–Kier alpha value is -2.89. The van der Waals surface area contributed by atoms with Gasteiger partial charge in [-0.15, -0.1) is 0 Å².